The molecule has 1 aromatic carbocycles. The first-order valence-corrected chi connectivity index (χ1v) is 8.84. The number of carbonyl (C=O) groups is 2. The Morgan fingerprint density at radius 1 is 1.16 bits per heavy atom. The fourth-order valence-corrected chi connectivity index (χ4v) is 3.87. The molecule has 2 aliphatic heterocycles. The van der Waals surface area contributed by atoms with Crippen LogP contribution in [0.25, 0.3) is 0 Å². The molecule has 0 bridgehead atoms. The van der Waals surface area contributed by atoms with Gasteiger partial charge >= 0.3 is 0 Å². The summed E-state index contributed by atoms with van der Waals surface area (Å²) in [6, 6.07) is 9.87. The van der Waals surface area contributed by atoms with Crippen molar-refractivity contribution in [1.29, 1.82) is 0 Å². The second-order valence-electron chi connectivity index (χ2n) is 6.83. The number of nitrogens with zero attached hydrogens (tertiary/aromatic N) is 4. The monoisotopic (exact) mass is 338 g/mol. The highest BCUT2D eigenvalue weighted by Gasteiger charge is 2.38. The second kappa shape index (κ2) is 6.70. The van der Waals surface area contributed by atoms with Crippen LogP contribution >= 0.6 is 0 Å². The Hall–Kier alpha value is -2.63. The van der Waals surface area contributed by atoms with Crippen molar-refractivity contribution in [2.24, 2.45) is 5.92 Å². The van der Waals surface area contributed by atoms with E-state index in [0.717, 1.165) is 25.1 Å². The Balaban J connectivity index is 1.43. The molecule has 0 saturated carbocycles. The number of rotatable bonds is 3. The Labute approximate surface area is 147 Å². The molecule has 4 rings (SSSR count). The maximum atomic E-state index is 13.0. The van der Waals surface area contributed by atoms with E-state index in [4.69, 9.17) is 0 Å². The predicted octanol–water partition coefficient (Wildman–Crippen LogP) is 2.10. The van der Waals surface area contributed by atoms with E-state index in [1.54, 1.807) is 11.1 Å². The lowest BCUT2D eigenvalue weighted by atomic mass is 10.0. The zero-order valence-corrected chi connectivity index (χ0v) is 14.1. The summed E-state index contributed by atoms with van der Waals surface area (Å²) < 4.78 is 2.08. The van der Waals surface area contributed by atoms with Gasteiger partial charge in [-0.3, -0.25) is 9.59 Å². The molecule has 6 heteroatoms. The van der Waals surface area contributed by atoms with Crippen molar-refractivity contribution in [2.75, 3.05) is 24.5 Å². The molecule has 2 amide bonds. The second-order valence-corrected chi connectivity index (χ2v) is 6.83. The summed E-state index contributed by atoms with van der Waals surface area (Å²) in [7, 11) is 0. The SMILES string of the molecule is O=C([C@H]1CC(=O)N(c2ccccc2)C1)N1CCC[C@@H](n2ccnc2)C1. The minimum Gasteiger partial charge on any atom is -0.340 e. The van der Waals surface area contributed by atoms with Crippen LogP contribution < -0.4 is 4.90 Å². The first-order chi connectivity index (χ1) is 12.2. The first-order valence-electron chi connectivity index (χ1n) is 8.84. The molecule has 2 atom stereocenters. The summed E-state index contributed by atoms with van der Waals surface area (Å²) in [5.74, 6) is -0.0986. The van der Waals surface area contributed by atoms with Crippen LogP contribution in [0.4, 0.5) is 5.69 Å². The minimum atomic E-state index is -0.241. The van der Waals surface area contributed by atoms with Gasteiger partial charge < -0.3 is 14.4 Å². The summed E-state index contributed by atoms with van der Waals surface area (Å²) in [6.07, 6.45) is 7.88. The van der Waals surface area contributed by atoms with Crippen LogP contribution in [0.3, 0.4) is 0 Å². The Kier molecular flexibility index (Phi) is 4.26. The average Bonchev–Trinajstić information content (AvgIpc) is 3.32. The number of likely N-dealkylation sites (tertiary alicyclic amines) is 1. The number of amides is 2. The molecule has 0 spiro atoms. The van der Waals surface area contributed by atoms with Crippen molar-refractivity contribution >= 4 is 17.5 Å². The Morgan fingerprint density at radius 3 is 2.76 bits per heavy atom. The number of hydrogen-bond donors (Lipinski definition) is 0. The zero-order valence-electron chi connectivity index (χ0n) is 14.1. The molecule has 2 saturated heterocycles. The van der Waals surface area contributed by atoms with Gasteiger partial charge in [-0.25, -0.2) is 4.98 Å². The number of anilines is 1. The molecule has 3 heterocycles. The average molecular weight is 338 g/mol. The number of aromatic nitrogens is 2. The molecule has 0 radical (unpaired) electrons. The quantitative estimate of drug-likeness (QED) is 0.861. The normalized spacial score (nSPS) is 23.9. The van der Waals surface area contributed by atoms with Crippen molar-refractivity contribution in [2.45, 2.75) is 25.3 Å². The molecule has 1 aromatic heterocycles. The Morgan fingerprint density at radius 2 is 2.00 bits per heavy atom. The van der Waals surface area contributed by atoms with Crippen LogP contribution in [0.5, 0.6) is 0 Å². The van der Waals surface area contributed by atoms with E-state index in [0.29, 0.717) is 19.5 Å². The highest BCUT2D eigenvalue weighted by atomic mass is 16.2. The zero-order chi connectivity index (χ0) is 17.2. The number of benzene rings is 1. The molecule has 25 heavy (non-hydrogen) atoms. The van der Waals surface area contributed by atoms with E-state index in [2.05, 4.69) is 9.55 Å². The molecule has 2 aromatic rings. The maximum absolute atomic E-state index is 13.0. The highest BCUT2D eigenvalue weighted by Crippen LogP contribution is 2.28. The minimum absolute atomic E-state index is 0.0349. The van der Waals surface area contributed by atoms with Gasteiger partial charge in [-0.1, -0.05) is 18.2 Å². The molecule has 0 N–H and O–H groups in total. The fourth-order valence-electron chi connectivity index (χ4n) is 3.87. The number of piperidine rings is 1. The number of imidazole rings is 1. The topological polar surface area (TPSA) is 58.4 Å². The van der Waals surface area contributed by atoms with Crippen LogP contribution in [0.1, 0.15) is 25.3 Å². The predicted molar refractivity (Wildman–Crippen MR) is 94.0 cm³/mol. The van der Waals surface area contributed by atoms with Gasteiger partial charge in [0.1, 0.15) is 0 Å². The fraction of sp³-hybridized carbons (Fsp3) is 0.421. The highest BCUT2D eigenvalue weighted by molar-refractivity contribution is 6.00. The van der Waals surface area contributed by atoms with Crippen LogP contribution in [-0.2, 0) is 9.59 Å². The number of hydrogen-bond acceptors (Lipinski definition) is 3. The lowest BCUT2D eigenvalue weighted by Crippen LogP contribution is -2.44. The van der Waals surface area contributed by atoms with Crippen LogP contribution in [0, 0.1) is 5.92 Å². The van der Waals surface area contributed by atoms with E-state index in [1.807, 2.05) is 47.8 Å². The van der Waals surface area contributed by atoms with Crippen LogP contribution in [0.15, 0.2) is 49.1 Å². The van der Waals surface area contributed by atoms with Crippen LogP contribution in [0.2, 0.25) is 0 Å². The van der Waals surface area contributed by atoms with Gasteiger partial charge in [-0.2, -0.15) is 0 Å². The van der Waals surface area contributed by atoms with Gasteiger partial charge in [-0.15, -0.1) is 0 Å². The van der Waals surface area contributed by atoms with Crippen molar-refractivity contribution in [3.63, 3.8) is 0 Å². The summed E-state index contributed by atoms with van der Waals surface area (Å²) in [4.78, 5) is 33.1. The number of para-hydroxylation sites is 1. The van der Waals surface area contributed by atoms with Gasteiger partial charge in [0.25, 0.3) is 0 Å². The largest absolute Gasteiger partial charge is 0.340 e. The third-order valence-corrected chi connectivity index (χ3v) is 5.20. The third kappa shape index (κ3) is 3.16. The molecule has 0 aliphatic carbocycles. The lowest BCUT2D eigenvalue weighted by Gasteiger charge is -2.34. The first kappa shape index (κ1) is 15.9. The van der Waals surface area contributed by atoms with Crippen molar-refractivity contribution < 1.29 is 9.59 Å². The van der Waals surface area contributed by atoms with E-state index in [9.17, 15) is 9.59 Å². The van der Waals surface area contributed by atoms with E-state index in [-0.39, 0.29) is 23.8 Å². The molecule has 130 valence electrons. The van der Waals surface area contributed by atoms with Gasteiger partial charge in [0.05, 0.1) is 18.3 Å². The summed E-state index contributed by atoms with van der Waals surface area (Å²) in [5, 5.41) is 0. The van der Waals surface area contributed by atoms with Gasteiger partial charge in [0, 0.05) is 44.1 Å². The van der Waals surface area contributed by atoms with E-state index >= 15 is 0 Å². The number of carbonyl (C=O) groups excluding carboxylic acids is 2. The van der Waals surface area contributed by atoms with Crippen molar-refractivity contribution in [3.05, 3.63) is 49.1 Å². The molecule has 2 fully saturated rings. The molecule has 0 unspecified atom stereocenters. The summed E-state index contributed by atoms with van der Waals surface area (Å²) in [5.41, 5.74) is 0.873. The molecule has 2 aliphatic rings. The van der Waals surface area contributed by atoms with Crippen molar-refractivity contribution in [1.82, 2.24) is 14.5 Å². The van der Waals surface area contributed by atoms with E-state index < -0.39 is 0 Å². The lowest BCUT2D eigenvalue weighted by molar-refractivity contribution is -0.137. The van der Waals surface area contributed by atoms with Crippen molar-refractivity contribution in [3.8, 4) is 0 Å². The van der Waals surface area contributed by atoms with Crippen LogP contribution in [-0.4, -0.2) is 45.9 Å². The smallest absolute Gasteiger partial charge is 0.228 e. The summed E-state index contributed by atoms with van der Waals surface area (Å²) >= 11 is 0. The molecular weight excluding hydrogens is 316 g/mol. The molecule has 6 nitrogen and oxygen atoms in total. The third-order valence-electron chi connectivity index (χ3n) is 5.20. The Bertz CT molecular complexity index is 744. The van der Waals surface area contributed by atoms with Gasteiger partial charge in [0.15, 0.2) is 0 Å². The summed E-state index contributed by atoms with van der Waals surface area (Å²) in [6.45, 7) is 1.96. The molecular formula is C19H22N4O2. The van der Waals surface area contributed by atoms with Gasteiger partial charge in [0.2, 0.25) is 11.8 Å². The standard InChI is InChI=1S/C19H22N4O2/c24-18-11-15(12-23(18)16-5-2-1-3-6-16)19(25)21-9-4-7-17(13-21)22-10-8-20-14-22/h1-3,5-6,8,10,14-15,17H,4,7,9,11-13H2/t15-,17+/m0/s1. The van der Waals surface area contributed by atoms with Gasteiger partial charge in [-0.05, 0) is 25.0 Å². The van der Waals surface area contributed by atoms with E-state index in [1.165, 1.54) is 0 Å². The maximum Gasteiger partial charge on any atom is 0.228 e.